The van der Waals surface area contributed by atoms with E-state index in [1.54, 1.807) is 26.8 Å². The van der Waals surface area contributed by atoms with E-state index in [0.29, 0.717) is 23.8 Å². The van der Waals surface area contributed by atoms with E-state index in [2.05, 4.69) is 0 Å². The summed E-state index contributed by atoms with van der Waals surface area (Å²) >= 11 is 0. The van der Waals surface area contributed by atoms with E-state index >= 15 is 0 Å². The molecule has 1 heterocycles. The highest BCUT2D eigenvalue weighted by Gasteiger charge is 2.85. The molecule has 11 heteroatoms. The van der Waals surface area contributed by atoms with Crippen LogP contribution in [0.3, 0.4) is 0 Å². The molecule has 0 amide bonds. The van der Waals surface area contributed by atoms with Gasteiger partial charge in [-0.15, -0.1) is 0 Å². The summed E-state index contributed by atoms with van der Waals surface area (Å²) < 4.78 is 100. The van der Waals surface area contributed by atoms with Crippen LogP contribution in [0, 0.1) is 16.2 Å². The third-order valence-electron chi connectivity index (χ3n) is 9.68. The Morgan fingerprint density at radius 1 is 0.833 bits per heavy atom. The van der Waals surface area contributed by atoms with Crippen molar-refractivity contribution in [1.82, 2.24) is 0 Å². The molecule has 1 saturated carbocycles. The maximum atomic E-state index is 14.4. The van der Waals surface area contributed by atoms with Gasteiger partial charge in [-0.1, -0.05) is 55.0 Å². The maximum absolute atomic E-state index is 14.4. The fourth-order valence-electron chi connectivity index (χ4n) is 7.32. The molecule has 2 aliphatic carbocycles. The average Bonchev–Trinajstić information content (AvgIpc) is 3.41. The number of esters is 1. The van der Waals surface area contributed by atoms with Gasteiger partial charge in [-0.05, 0) is 31.5 Å². The van der Waals surface area contributed by atoms with Crippen molar-refractivity contribution in [2.75, 3.05) is 13.2 Å². The summed E-state index contributed by atoms with van der Waals surface area (Å²) in [6.45, 7) is 3.54. The molecule has 42 heavy (non-hydrogen) atoms. The lowest BCUT2D eigenvalue weighted by atomic mass is 9.61. The van der Waals surface area contributed by atoms with E-state index in [4.69, 9.17) is 14.2 Å². The first-order valence-corrected chi connectivity index (χ1v) is 13.4. The summed E-state index contributed by atoms with van der Waals surface area (Å²) in [5, 5.41) is 0. The van der Waals surface area contributed by atoms with Crippen molar-refractivity contribution in [1.29, 1.82) is 0 Å². The molecule has 0 N–H and O–H groups in total. The molecule has 5 nitrogen and oxygen atoms in total. The third-order valence-corrected chi connectivity index (χ3v) is 9.68. The second-order valence-electron chi connectivity index (χ2n) is 11.8. The molecule has 226 valence electrons. The molecule has 3 aliphatic rings. The first kappa shape index (κ1) is 30.3. The summed E-state index contributed by atoms with van der Waals surface area (Å²) in [6.07, 6.45) is -8.39. The minimum absolute atomic E-state index is 0.137. The van der Waals surface area contributed by atoms with Crippen LogP contribution in [0.4, 0.5) is 26.3 Å². The lowest BCUT2D eigenvalue weighted by Crippen LogP contribution is -2.56. The van der Waals surface area contributed by atoms with Crippen LogP contribution < -0.4 is 0 Å². The number of hydrogen-bond donors (Lipinski definition) is 0. The Morgan fingerprint density at radius 3 is 2.02 bits per heavy atom. The highest BCUT2D eigenvalue weighted by Crippen LogP contribution is 2.74. The van der Waals surface area contributed by atoms with Crippen LogP contribution in [-0.2, 0) is 49.4 Å². The molecule has 0 unspecified atom stereocenters. The number of carbonyl (C=O) groups excluding carboxylic acids is 2. The van der Waals surface area contributed by atoms with Crippen LogP contribution in [-0.4, -0.2) is 30.6 Å². The van der Waals surface area contributed by atoms with Crippen LogP contribution in [0.2, 0.25) is 0 Å². The standard InChI is InChI=1S/C31H30F6O5/c1-19-12-13-29-27(3,18-41-16-21-22(30(32,33)34)10-7-11-23(21)31(35,36)37)26(2,17-40-15-20-8-5-4-6-9-20)25(39)28(19,29)14-24(38)42-29/h4-12H,13-18H2,1-3H3/t26-,27-,28+,29+/m1/s1. The number of halogens is 6. The van der Waals surface area contributed by atoms with Gasteiger partial charge < -0.3 is 14.2 Å². The molecule has 2 fully saturated rings. The van der Waals surface area contributed by atoms with Crippen molar-refractivity contribution in [2.24, 2.45) is 16.2 Å². The van der Waals surface area contributed by atoms with Gasteiger partial charge in [-0.2, -0.15) is 26.3 Å². The Kier molecular flexibility index (Phi) is 7.17. The van der Waals surface area contributed by atoms with E-state index in [1.807, 2.05) is 30.3 Å². The molecule has 1 aliphatic heterocycles. The number of hydrogen-bond acceptors (Lipinski definition) is 5. The van der Waals surface area contributed by atoms with Gasteiger partial charge in [0.1, 0.15) is 11.0 Å². The Hall–Kier alpha value is -3.18. The van der Waals surface area contributed by atoms with Crippen molar-refractivity contribution in [2.45, 2.75) is 64.8 Å². The highest BCUT2D eigenvalue weighted by atomic mass is 19.4. The monoisotopic (exact) mass is 596 g/mol. The number of benzene rings is 2. The van der Waals surface area contributed by atoms with Gasteiger partial charge in [0.05, 0.1) is 49.4 Å². The molecule has 0 aromatic heterocycles. The molecule has 0 spiro atoms. The largest absolute Gasteiger partial charge is 0.457 e. The number of rotatable bonds is 8. The van der Waals surface area contributed by atoms with Crippen molar-refractivity contribution in [3.05, 3.63) is 82.4 Å². The lowest BCUT2D eigenvalue weighted by molar-refractivity contribution is -0.186. The Balaban J connectivity index is 1.51. The van der Waals surface area contributed by atoms with Gasteiger partial charge >= 0.3 is 18.3 Å². The lowest BCUT2D eigenvalue weighted by Gasteiger charge is -2.48. The molecule has 2 aromatic carbocycles. The minimum Gasteiger partial charge on any atom is -0.457 e. The number of ketones is 1. The first-order valence-electron chi connectivity index (χ1n) is 13.4. The predicted octanol–water partition coefficient (Wildman–Crippen LogP) is 7.08. The van der Waals surface area contributed by atoms with Crippen molar-refractivity contribution in [3.63, 3.8) is 0 Å². The molecule has 5 rings (SSSR count). The second kappa shape index (κ2) is 9.94. The van der Waals surface area contributed by atoms with Crippen LogP contribution in [0.15, 0.2) is 60.2 Å². The highest BCUT2D eigenvalue weighted by molar-refractivity contribution is 6.04. The van der Waals surface area contributed by atoms with E-state index in [-0.39, 0.29) is 31.8 Å². The molecule has 4 atom stereocenters. The molecular weight excluding hydrogens is 566 g/mol. The van der Waals surface area contributed by atoms with Crippen molar-refractivity contribution in [3.8, 4) is 0 Å². The predicted molar refractivity (Wildman–Crippen MR) is 138 cm³/mol. The van der Waals surface area contributed by atoms with Gasteiger partial charge in [0.25, 0.3) is 0 Å². The van der Waals surface area contributed by atoms with E-state index in [9.17, 15) is 35.9 Å². The summed E-state index contributed by atoms with van der Waals surface area (Å²) in [7, 11) is 0. The molecule has 0 bridgehead atoms. The van der Waals surface area contributed by atoms with Gasteiger partial charge in [-0.25, -0.2) is 0 Å². The fourth-order valence-corrected chi connectivity index (χ4v) is 7.32. The average molecular weight is 597 g/mol. The fraction of sp³-hybridized carbons (Fsp3) is 0.484. The summed E-state index contributed by atoms with van der Waals surface area (Å²) in [5.41, 5.74) is -8.01. The maximum Gasteiger partial charge on any atom is 0.416 e. The number of ether oxygens (including phenoxy) is 3. The first-order chi connectivity index (χ1) is 19.5. The van der Waals surface area contributed by atoms with Crippen molar-refractivity contribution < 1.29 is 50.1 Å². The Morgan fingerprint density at radius 2 is 1.43 bits per heavy atom. The SMILES string of the molecule is CC1=CC[C@@]23OC(=O)C[C@@]12C(=O)[C@@](C)(COCc1ccccc1)[C@@]3(C)COCc1c(C(F)(F)F)cccc1C(F)(F)F. The van der Waals surface area contributed by atoms with Gasteiger partial charge in [0, 0.05) is 17.4 Å². The summed E-state index contributed by atoms with van der Waals surface area (Å²) in [6, 6.07) is 11.0. The third kappa shape index (κ3) is 4.22. The molecule has 2 aromatic rings. The van der Waals surface area contributed by atoms with Crippen LogP contribution >= 0.6 is 0 Å². The topological polar surface area (TPSA) is 61.8 Å². The van der Waals surface area contributed by atoms with Crippen LogP contribution in [0.5, 0.6) is 0 Å². The number of alkyl halides is 6. The zero-order valence-electron chi connectivity index (χ0n) is 23.2. The molecule has 0 radical (unpaired) electrons. The number of carbonyl (C=O) groups is 2. The van der Waals surface area contributed by atoms with Gasteiger partial charge in [0.2, 0.25) is 0 Å². The Labute approximate surface area is 238 Å². The summed E-state index contributed by atoms with van der Waals surface area (Å²) in [5.74, 6) is -0.922. The zero-order valence-corrected chi connectivity index (χ0v) is 23.2. The van der Waals surface area contributed by atoms with Crippen LogP contribution in [0.1, 0.15) is 55.9 Å². The summed E-state index contributed by atoms with van der Waals surface area (Å²) in [4.78, 5) is 27.1. The molecular formula is C31H30F6O5. The quantitative estimate of drug-likeness (QED) is 0.185. The smallest absolute Gasteiger partial charge is 0.416 e. The zero-order chi connectivity index (χ0) is 30.8. The minimum atomic E-state index is -5.06. The normalized spacial score (nSPS) is 30.7. The van der Waals surface area contributed by atoms with Crippen LogP contribution in [0.25, 0.3) is 0 Å². The van der Waals surface area contributed by atoms with E-state index in [0.717, 1.165) is 5.56 Å². The molecule has 1 saturated heterocycles. The van der Waals surface area contributed by atoms with Gasteiger partial charge in [0.15, 0.2) is 5.78 Å². The van der Waals surface area contributed by atoms with E-state index < -0.39 is 70.1 Å². The second-order valence-corrected chi connectivity index (χ2v) is 11.8. The van der Waals surface area contributed by atoms with Gasteiger partial charge in [-0.3, -0.25) is 9.59 Å². The van der Waals surface area contributed by atoms with E-state index in [1.165, 1.54) is 0 Å². The van der Waals surface area contributed by atoms with Crippen molar-refractivity contribution >= 4 is 11.8 Å². The Bertz CT molecular complexity index is 1400. The number of Topliss-reactive ketones (excluding diaryl/α,β-unsaturated/α-hetero) is 1.